The van der Waals surface area contributed by atoms with Gasteiger partial charge < -0.3 is 20.3 Å². The van der Waals surface area contributed by atoms with E-state index in [1.807, 2.05) is 0 Å². The maximum atomic E-state index is 5.97. The van der Waals surface area contributed by atoms with Crippen molar-refractivity contribution in [1.29, 1.82) is 0 Å². The average molecular weight is 488 g/mol. The van der Waals surface area contributed by atoms with Crippen LogP contribution in [0.3, 0.4) is 0 Å². The highest BCUT2D eigenvalue weighted by Gasteiger charge is 2.16. The zero-order valence-corrected chi connectivity index (χ0v) is 19.9. The van der Waals surface area contributed by atoms with Crippen molar-refractivity contribution in [2.75, 3.05) is 33.2 Å². The van der Waals surface area contributed by atoms with E-state index in [0.29, 0.717) is 6.54 Å². The molecule has 0 aliphatic carbocycles. The van der Waals surface area contributed by atoms with Gasteiger partial charge in [-0.25, -0.2) is 4.99 Å². The van der Waals surface area contributed by atoms with Crippen molar-refractivity contribution in [3.05, 3.63) is 29.3 Å². The zero-order chi connectivity index (χ0) is 18.9. The average Bonchev–Trinajstić information content (AvgIpc) is 2.59. The van der Waals surface area contributed by atoms with Gasteiger partial charge in [-0.15, -0.1) is 24.0 Å². The van der Waals surface area contributed by atoms with E-state index in [9.17, 15) is 0 Å². The second kappa shape index (κ2) is 12.4. The van der Waals surface area contributed by atoms with Crippen molar-refractivity contribution < 1.29 is 4.74 Å². The van der Waals surface area contributed by atoms with E-state index in [1.54, 1.807) is 0 Å². The Morgan fingerprint density at radius 1 is 1.26 bits per heavy atom. The van der Waals surface area contributed by atoms with Crippen LogP contribution in [0.15, 0.2) is 23.2 Å². The van der Waals surface area contributed by atoms with E-state index >= 15 is 0 Å². The molecule has 1 aromatic carbocycles. The monoisotopic (exact) mass is 488 g/mol. The molecule has 1 fully saturated rings. The summed E-state index contributed by atoms with van der Waals surface area (Å²) in [6.07, 6.45) is 2.68. The topological polar surface area (TPSA) is 48.9 Å². The van der Waals surface area contributed by atoms with Crippen LogP contribution in [0, 0.1) is 12.8 Å². The van der Waals surface area contributed by atoms with Crippen molar-refractivity contribution in [1.82, 2.24) is 15.5 Å². The molecular formula is C21H37IN4O. The van der Waals surface area contributed by atoms with Crippen molar-refractivity contribution >= 4 is 29.9 Å². The third-order valence-electron chi connectivity index (χ3n) is 4.73. The largest absolute Gasteiger partial charge is 0.491 e. The molecule has 2 N–H and O–H groups in total. The van der Waals surface area contributed by atoms with Gasteiger partial charge in [0.2, 0.25) is 0 Å². The normalized spacial score (nSPS) is 16.1. The molecule has 0 bridgehead atoms. The second-order valence-electron chi connectivity index (χ2n) is 7.60. The summed E-state index contributed by atoms with van der Waals surface area (Å²) in [4.78, 5) is 7.19. The number of benzene rings is 1. The Labute approximate surface area is 182 Å². The fourth-order valence-corrected chi connectivity index (χ4v) is 3.17. The summed E-state index contributed by atoms with van der Waals surface area (Å²) in [5, 5.41) is 6.89. The number of likely N-dealkylation sites (tertiary alicyclic amines) is 1. The summed E-state index contributed by atoms with van der Waals surface area (Å²) in [5.41, 5.74) is 2.33. The molecule has 0 spiro atoms. The van der Waals surface area contributed by atoms with E-state index in [0.717, 1.165) is 36.3 Å². The summed E-state index contributed by atoms with van der Waals surface area (Å²) >= 11 is 0. The molecule has 5 nitrogen and oxygen atoms in total. The standard InChI is InChI=1S/C21H36N4O.HI/c1-6-22-21(23-14-18-9-11-25(5)12-10-18)24-15-19-8-7-17(4)13-20(19)26-16(2)3;/h7-8,13,16,18H,6,9-12,14-15H2,1-5H3,(H2,22,23,24);1H. The third kappa shape index (κ3) is 8.68. The van der Waals surface area contributed by atoms with Gasteiger partial charge in [0.15, 0.2) is 5.96 Å². The van der Waals surface area contributed by atoms with E-state index < -0.39 is 0 Å². The lowest BCUT2D eigenvalue weighted by Gasteiger charge is -2.29. The van der Waals surface area contributed by atoms with E-state index in [1.165, 1.54) is 31.5 Å². The highest BCUT2D eigenvalue weighted by atomic mass is 127. The van der Waals surface area contributed by atoms with Gasteiger partial charge in [-0.1, -0.05) is 12.1 Å². The Morgan fingerprint density at radius 3 is 2.59 bits per heavy atom. The summed E-state index contributed by atoms with van der Waals surface area (Å²) in [7, 11) is 2.20. The molecule has 0 aromatic heterocycles. The van der Waals surface area contributed by atoms with Crippen LogP contribution >= 0.6 is 24.0 Å². The Hall–Kier alpha value is -1.02. The Balaban J connectivity index is 0.00000364. The van der Waals surface area contributed by atoms with E-state index in [-0.39, 0.29) is 30.1 Å². The number of rotatable bonds is 7. The Morgan fingerprint density at radius 2 is 1.96 bits per heavy atom. The number of guanidine groups is 1. The maximum Gasteiger partial charge on any atom is 0.191 e. The molecule has 0 atom stereocenters. The fourth-order valence-electron chi connectivity index (χ4n) is 3.17. The Kier molecular flexibility index (Phi) is 11.1. The van der Waals surface area contributed by atoms with Crippen molar-refractivity contribution in [2.45, 2.75) is 53.2 Å². The summed E-state index contributed by atoms with van der Waals surface area (Å²) in [6.45, 7) is 13.2. The molecular weight excluding hydrogens is 451 g/mol. The number of ether oxygens (including phenoxy) is 1. The van der Waals surface area contributed by atoms with Gasteiger partial charge in [0.1, 0.15) is 5.75 Å². The molecule has 1 aromatic rings. The van der Waals surface area contributed by atoms with Gasteiger partial charge in [0.25, 0.3) is 0 Å². The molecule has 0 unspecified atom stereocenters. The van der Waals surface area contributed by atoms with Crippen molar-refractivity contribution in [2.24, 2.45) is 10.9 Å². The smallest absolute Gasteiger partial charge is 0.191 e. The van der Waals surface area contributed by atoms with Crippen LogP contribution < -0.4 is 15.4 Å². The molecule has 0 amide bonds. The number of hydrogen-bond donors (Lipinski definition) is 2. The van der Waals surface area contributed by atoms with Gasteiger partial charge in [-0.3, -0.25) is 0 Å². The highest BCUT2D eigenvalue weighted by molar-refractivity contribution is 14.0. The molecule has 2 rings (SSSR count). The maximum absolute atomic E-state index is 5.97. The van der Waals surface area contributed by atoms with Crippen LogP contribution in [0.4, 0.5) is 0 Å². The third-order valence-corrected chi connectivity index (χ3v) is 4.73. The molecule has 0 saturated carbocycles. The molecule has 1 saturated heterocycles. The predicted molar refractivity (Wildman–Crippen MR) is 125 cm³/mol. The summed E-state index contributed by atoms with van der Waals surface area (Å²) in [6, 6.07) is 6.34. The molecule has 1 aliphatic heterocycles. The van der Waals surface area contributed by atoms with Gasteiger partial charge in [0, 0.05) is 18.7 Å². The first kappa shape index (κ1) is 24.0. The van der Waals surface area contributed by atoms with Crippen LogP contribution in [-0.2, 0) is 6.54 Å². The zero-order valence-electron chi connectivity index (χ0n) is 17.5. The van der Waals surface area contributed by atoms with Crippen LogP contribution in [0.25, 0.3) is 0 Å². The predicted octanol–water partition coefficient (Wildman–Crippen LogP) is 3.80. The van der Waals surface area contributed by atoms with Crippen molar-refractivity contribution in [3.8, 4) is 5.75 Å². The van der Waals surface area contributed by atoms with E-state index in [4.69, 9.17) is 9.73 Å². The van der Waals surface area contributed by atoms with Gasteiger partial charge in [-0.05, 0) is 78.2 Å². The number of nitrogens with zero attached hydrogens (tertiary/aromatic N) is 2. The minimum Gasteiger partial charge on any atom is -0.491 e. The lowest BCUT2D eigenvalue weighted by molar-refractivity contribution is 0.220. The van der Waals surface area contributed by atoms with Gasteiger partial charge in [-0.2, -0.15) is 0 Å². The number of nitrogens with one attached hydrogen (secondary N) is 2. The lowest BCUT2D eigenvalue weighted by Crippen LogP contribution is -2.42. The molecule has 1 heterocycles. The summed E-state index contributed by atoms with van der Waals surface area (Å²) in [5.74, 6) is 2.56. The molecule has 6 heteroatoms. The number of piperidine rings is 1. The minimum absolute atomic E-state index is 0. The minimum atomic E-state index is 0. The molecule has 154 valence electrons. The summed E-state index contributed by atoms with van der Waals surface area (Å²) < 4.78 is 5.97. The first-order chi connectivity index (χ1) is 12.5. The van der Waals surface area contributed by atoms with Crippen LogP contribution in [0.5, 0.6) is 5.75 Å². The molecule has 27 heavy (non-hydrogen) atoms. The first-order valence-corrected chi connectivity index (χ1v) is 9.94. The van der Waals surface area contributed by atoms with Crippen LogP contribution in [0.2, 0.25) is 0 Å². The fraction of sp³-hybridized carbons (Fsp3) is 0.667. The van der Waals surface area contributed by atoms with E-state index in [2.05, 4.69) is 68.5 Å². The number of halogens is 1. The highest BCUT2D eigenvalue weighted by Crippen LogP contribution is 2.22. The Bertz CT molecular complexity index is 584. The van der Waals surface area contributed by atoms with Gasteiger partial charge >= 0.3 is 0 Å². The first-order valence-electron chi connectivity index (χ1n) is 9.94. The molecule has 1 aliphatic rings. The van der Waals surface area contributed by atoms with Gasteiger partial charge in [0.05, 0.1) is 12.6 Å². The second-order valence-corrected chi connectivity index (χ2v) is 7.60. The quantitative estimate of drug-likeness (QED) is 0.348. The number of aliphatic imine (C=N–C) groups is 1. The lowest BCUT2D eigenvalue weighted by atomic mass is 9.97. The molecule has 0 radical (unpaired) electrons. The van der Waals surface area contributed by atoms with Crippen molar-refractivity contribution in [3.63, 3.8) is 0 Å². The van der Waals surface area contributed by atoms with Crippen LogP contribution in [-0.4, -0.2) is 50.2 Å². The number of aryl methyl sites for hydroxylation is 1. The SMILES string of the molecule is CCNC(=NCc1ccc(C)cc1OC(C)C)NCC1CCN(C)CC1.I. The van der Waals surface area contributed by atoms with Crippen LogP contribution in [0.1, 0.15) is 44.7 Å². The number of hydrogen-bond acceptors (Lipinski definition) is 3.